The van der Waals surface area contributed by atoms with Crippen LogP contribution in [0.2, 0.25) is 0 Å². The SMILES string of the molecule is Cc1c(C(=O)NN2CCN(C)CC2)oc2c1/C(=N/NC(N)=O)CCC2. The zero-order chi connectivity index (χ0) is 18.0. The Kier molecular flexibility index (Phi) is 5.05. The first-order valence-electron chi connectivity index (χ1n) is 8.45. The predicted octanol–water partition coefficient (Wildman–Crippen LogP) is 0.189. The van der Waals surface area contributed by atoms with Crippen LogP contribution in [-0.2, 0) is 6.42 Å². The molecule has 1 saturated heterocycles. The summed E-state index contributed by atoms with van der Waals surface area (Å²) in [4.78, 5) is 25.7. The lowest BCUT2D eigenvalue weighted by Gasteiger charge is -2.32. The molecule has 0 aromatic carbocycles. The van der Waals surface area contributed by atoms with E-state index in [0.29, 0.717) is 17.9 Å². The first-order valence-corrected chi connectivity index (χ1v) is 8.45. The number of piperazine rings is 1. The molecule has 0 radical (unpaired) electrons. The van der Waals surface area contributed by atoms with Crippen LogP contribution in [0.5, 0.6) is 0 Å². The van der Waals surface area contributed by atoms with Gasteiger partial charge in [-0.2, -0.15) is 5.10 Å². The molecule has 0 atom stereocenters. The van der Waals surface area contributed by atoms with Crippen molar-refractivity contribution in [2.24, 2.45) is 10.8 Å². The number of carbonyl (C=O) groups excluding carboxylic acids is 2. The van der Waals surface area contributed by atoms with Gasteiger partial charge in [-0.15, -0.1) is 0 Å². The van der Waals surface area contributed by atoms with Crippen molar-refractivity contribution >= 4 is 17.6 Å². The number of rotatable bonds is 3. The molecule has 0 bridgehead atoms. The van der Waals surface area contributed by atoms with E-state index in [4.69, 9.17) is 10.2 Å². The molecule has 1 aliphatic heterocycles. The highest BCUT2D eigenvalue weighted by atomic mass is 16.4. The molecule has 3 amide bonds. The van der Waals surface area contributed by atoms with E-state index in [1.807, 2.05) is 11.9 Å². The Labute approximate surface area is 146 Å². The second-order valence-corrected chi connectivity index (χ2v) is 6.47. The Morgan fingerprint density at radius 3 is 2.60 bits per heavy atom. The zero-order valence-corrected chi connectivity index (χ0v) is 14.6. The van der Waals surface area contributed by atoms with Gasteiger partial charge in [0.05, 0.1) is 5.71 Å². The highest BCUT2D eigenvalue weighted by molar-refractivity contribution is 6.06. The number of nitrogens with one attached hydrogen (secondary N) is 2. The van der Waals surface area contributed by atoms with Gasteiger partial charge in [0.2, 0.25) is 0 Å². The van der Waals surface area contributed by atoms with Crippen LogP contribution in [0.15, 0.2) is 9.52 Å². The molecule has 25 heavy (non-hydrogen) atoms. The van der Waals surface area contributed by atoms with Gasteiger partial charge in [-0.05, 0) is 26.8 Å². The Hall–Kier alpha value is -2.39. The standard InChI is InChI=1S/C16H24N6O3/c1-10-13-11(18-19-16(17)24)4-3-5-12(13)25-14(10)15(23)20-22-8-6-21(2)7-9-22/h3-9H2,1-2H3,(H,20,23)(H3,17,19,24)/b18-11+. The number of aryl methyl sites for hydroxylation is 1. The second kappa shape index (κ2) is 7.24. The van der Waals surface area contributed by atoms with Crippen LogP contribution in [0.3, 0.4) is 0 Å². The quantitative estimate of drug-likeness (QED) is 0.674. The van der Waals surface area contributed by atoms with Crippen LogP contribution in [0.1, 0.15) is 40.3 Å². The summed E-state index contributed by atoms with van der Waals surface area (Å²) in [7, 11) is 2.06. The van der Waals surface area contributed by atoms with Crippen molar-refractivity contribution in [2.75, 3.05) is 33.2 Å². The van der Waals surface area contributed by atoms with E-state index in [9.17, 15) is 9.59 Å². The van der Waals surface area contributed by atoms with E-state index in [1.165, 1.54) is 0 Å². The topological polar surface area (TPSA) is 116 Å². The van der Waals surface area contributed by atoms with E-state index in [-0.39, 0.29) is 5.91 Å². The van der Waals surface area contributed by atoms with E-state index < -0.39 is 6.03 Å². The van der Waals surface area contributed by atoms with Gasteiger partial charge in [0.15, 0.2) is 5.76 Å². The fourth-order valence-electron chi connectivity index (χ4n) is 3.23. The molecule has 9 heteroatoms. The molecule has 4 N–H and O–H groups in total. The molecule has 1 aliphatic carbocycles. The van der Waals surface area contributed by atoms with Gasteiger partial charge in [-0.1, -0.05) is 0 Å². The molecule has 3 rings (SSSR count). The maximum absolute atomic E-state index is 12.6. The van der Waals surface area contributed by atoms with Crippen LogP contribution in [-0.4, -0.2) is 60.8 Å². The number of nitrogens with zero attached hydrogens (tertiary/aromatic N) is 3. The summed E-state index contributed by atoms with van der Waals surface area (Å²) >= 11 is 0. The number of urea groups is 1. The first kappa shape index (κ1) is 17.4. The van der Waals surface area contributed by atoms with Crippen molar-refractivity contribution < 1.29 is 14.0 Å². The van der Waals surface area contributed by atoms with Crippen LogP contribution in [0.25, 0.3) is 0 Å². The van der Waals surface area contributed by atoms with Crippen LogP contribution in [0, 0.1) is 6.92 Å². The first-order chi connectivity index (χ1) is 12.0. The summed E-state index contributed by atoms with van der Waals surface area (Å²) in [5.41, 5.74) is 12.5. The van der Waals surface area contributed by atoms with Gasteiger partial charge < -0.3 is 15.1 Å². The summed E-state index contributed by atoms with van der Waals surface area (Å²) < 4.78 is 5.82. The maximum Gasteiger partial charge on any atom is 0.332 e. The van der Waals surface area contributed by atoms with Crippen LogP contribution < -0.4 is 16.6 Å². The predicted molar refractivity (Wildman–Crippen MR) is 92.2 cm³/mol. The number of hydrogen-bond acceptors (Lipinski definition) is 6. The average Bonchev–Trinajstić information content (AvgIpc) is 2.93. The maximum atomic E-state index is 12.6. The minimum atomic E-state index is -0.714. The molecule has 1 fully saturated rings. The molecular formula is C16H24N6O3. The van der Waals surface area contributed by atoms with Crippen molar-refractivity contribution in [1.82, 2.24) is 20.8 Å². The highest BCUT2D eigenvalue weighted by Gasteiger charge is 2.29. The van der Waals surface area contributed by atoms with Crippen molar-refractivity contribution in [3.63, 3.8) is 0 Å². The number of hydrogen-bond donors (Lipinski definition) is 3. The van der Waals surface area contributed by atoms with Gasteiger partial charge in [-0.3, -0.25) is 10.2 Å². The number of hydrazone groups is 1. The molecular weight excluding hydrogens is 324 g/mol. The highest BCUT2D eigenvalue weighted by Crippen LogP contribution is 2.29. The number of carbonyl (C=O) groups is 2. The molecule has 1 aromatic rings. The third kappa shape index (κ3) is 3.83. The second-order valence-electron chi connectivity index (χ2n) is 6.47. The minimum absolute atomic E-state index is 0.251. The molecule has 2 aliphatic rings. The summed E-state index contributed by atoms with van der Waals surface area (Å²) in [5.74, 6) is 0.786. The molecule has 2 heterocycles. The Morgan fingerprint density at radius 2 is 1.92 bits per heavy atom. The fraction of sp³-hybridized carbons (Fsp3) is 0.562. The smallest absolute Gasteiger partial charge is 0.332 e. The van der Waals surface area contributed by atoms with Crippen LogP contribution in [0.4, 0.5) is 4.79 Å². The van der Waals surface area contributed by atoms with Crippen LogP contribution >= 0.6 is 0 Å². The Balaban J connectivity index is 1.78. The van der Waals surface area contributed by atoms with Gasteiger partial charge in [0.1, 0.15) is 5.76 Å². The third-order valence-electron chi connectivity index (χ3n) is 4.60. The zero-order valence-electron chi connectivity index (χ0n) is 14.6. The van der Waals surface area contributed by atoms with Crippen molar-refractivity contribution in [3.8, 4) is 0 Å². The summed E-state index contributed by atoms with van der Waals surface area (Å²) in [6, 6.07) is -0.714. The molecule has 0 unspecified atom stereocenters. The molecule has 9 nitrogen and oxygen atoms in total. The lowest BCUT2D eigenvalue weighted by molar-refractivity contribution is 0.0634. The summed E-state index contributed by atoms with van der Waals surface area (Å²) in [6.45, 7) is 5.20. The number of primary amides is 1. The van der Waals surface area contributed by atoms with Crippen molar-refractivity contribution in [1.29, 1.82) is 0 Å². The van der Waals surface area contributed by atoms with E-state index in [2.05, 4.69) is 27.9 Å². The van der Waals surface area contributed by atoms with E-state index in [1.54, 1.807) is 0 Å². The third-order valence-corrected chi connectivity index (χ3v) is 4.60. The molecule has 1 aromatic heterocycles. The monoisotopic (exact) mass is 348 g/mol. The number of furan rings is 1. The normalized spacial score (nSPS) is 20.3. The lowest BCUT2D eigenvalue weighted by Crippen LogP contribution is -2.52. The number of hydrazine groups is 1. The largest absolute Gasteiger partial charge is 0.455 e. The molecule has 0 spiro atoms. The van der Waals surface area contributed by atoms with Gasteiger partial charge in [-0.25, -0.2) is 15.2 Å². The minimum Gasteiger partial charge on any atom is -0.455 e. The van der Waals surface area contributed by atoms with Crippen molar-refractivity contribution in [3.05, 3.63) is 22.6 Å². The Morgan fingerprint density at radius 1 is 1.20 bits per heavy atom. The summed E-state index contributed by atoms with van der Waals surface area (Å²) in [5, 5.41) is 5.98. The lowest BCUT2D eigenvalue weighted by atomic mass is 9.93. The Bertz CT molecular complexity index is 703. The average molecular weight is 348 g/mol. The number of likely N-dealkylation sites (N-methyl/N-ethyl adjacent to an activating group) is 1. The molecule has 136 valence electrons. The van der Waals surface area contributed by atoms with Gasteiger partial charge in [0.25, 0.3) is 0 Å². The molecule has 0 saturated carbocycles. The summed E-state index contributed by atoms with van der Waals surface area (Å²) in [6.07, 6.45) is 2.29. The van der Waals surface area contributed by atoms with E-state index >= 15 is 0 Å². The van der Waals surface area contributed by atoms with Gasteiger partial charge >= 0.3 is 11.9 Å². The number of nitrogens with two attached hydrogens (primary N) is 1. The fourth-order valence-corrected chi connectivity index (χ4v) is 3.23. The number of amides is 3. The van der Waals surface area contributed by atoms with Gasteiger partial charge in [0, 0.05) is 43.7 Å². The van der Waals surface area contributed by atoms with Crippen molar-refractivity contribution in [2.45, 2.75) is 26.2 Å². The number of fused-ring (bicyclic) bond motifs is 1. The van der Waals surface area contributed by atoms with E-state index in [0.717, 1.165) is 55.9 Å².